The Kier molecular flexibility index (Phi) is 13.1. The maximum Gasteiger partial charge on any atom is 0.308 e. The predicted octanol–water partition coefficient (Wildman–Crippen LogP) is 7.29. The van der Waals surface area contributed by atoms with Crippen molar-refractivity contribution >= 4 is 5.97 Å². The smallest absolute Gasteiger partial charge is 0.308 e. The van der Waals surface area contributed by atoms with E-state index in [1.807, 2.05) is 6.92 Å². The molecular formula is C24H46O4. The standard InChI is InChI=1S/C24H46O4/c1-5-6-7-8-9-10-11-12-13-14-15-16-17-18-19-23(2)21-24(3,28-27-23)20-22(25)26-4/h5-21H2,1-4H3/t23-,24-/m1/s1. The van der Waals surface area contributed by atoms with Crippen LogP contribution in [0.2, 0.25) is 0 Å². The first-order chi connectivity index (χ1) is 13.4. The Morgan fingerprint density at radius 2 is 1.18 bits per heavy atom. The quantitative estimate of drug-likeness (QED) is 0.147. The lowest BCUT2D eigenvalue weighted by Gasteiger charge is -2.22. The molecule has 0 aliphatic carbocycles. The molecule has 1 aliphatic rings. The number of carbonyl (C=O) groups excluding carboxylic acids is 1. The molecule has 4 nitrogen and oxygen atoms in total. The molecular weight excluding hydrogens is 352 g/mol. The van der Waals surface area contributed by atoms with Crippen molar-refractivity contribution in [1.29, 1.82) is 0 Å². The van der Waals surface area contributed by atoms with Gasteiger partial charge in [-0.25, -0.2) is 9.78 Å². The van der Waals surface area contributed by atoms with Gasteiger partial charge in [-0.05, 0) is 20.3 Å². The molecule has 166 valence electrons. The minimum atomic E-state index is -0.558. The van der Waals surface area contributed by atoms with E-state index in [4.69, 9.17) is 14.5 Å². The van der Waals surface area contributed by atoms with Crippen LogP contribution in [0.3, 0.4) is 0 Å². The molecule has 0 aromatic rings. The van der Waals surface area contributed by atoms with Gasteiger partial charge in [0.25, 0.3) is 0 Å². The molecule has 0 bridgehead atoms. The summed E-state index contributed by atoms with van der Waals surface area (Å²) >= 11 is 0. The molecule has 0 amide bonds. The summed E-state index contributed by atoms with van der Waals surface area (Å²) in [6.07, 6.45) is 21.1. The maximum absolute atomic E-state index is 11.5. The lowest BCUT2D eigenvalue weighted by Crippen LogP contribution is -2.31. The van der Waals surface area contributed by atoms with Crippen LogP contribution in [-0.2, 0) is 19.3 Å². The summed E-state index contributed by atoms with van der Waals surface area (Å²) < 4.78 is 4.76. The fourth-order valence-corrected chi connectivity index (χ4v) is 4.34. The van der Waals surface area contributed by atoms with Crippen molar-refractivity contribution in [2.24, 2.45) is 0 Å². The molecule has 1 rings (SSSR count). The summed E-state index contributed by atoms with van der Waals surface area (Å²) in [6.45, 7) is 6.30. The van der Waals surface area contributed by atoms with Crippen LogP contribution in [-0.4, -0.2) is 24.3 Å². The van der Waals surface area contributed by atoms with Crippen LogP contribution in [0.15, 0.2) is 0 Å². The Hall–Kier alpha value is -0.610. The summed E-state index contributed by atoms with van der Waals surface area (Å²) in [5, 5.41) is 0. The van der Waals surface area contributed by atoms with Crippen molar-refractivity contribution in [2.45, 2.75) is 141 Å². The first kappa shape index (κ1) is 25.4. The number of rotatable bonds is 17. The molecule has 0 aromatic carbocycles. The zero-order valence-electron chi connectivity index (χ0n) is 19.2. The maximum atomic E-state index is 11.5. The Labute approximate surface area is 174 Å². The summed E-state index contributed by atoms with van der Waals surface area (Å²) in [5.74, 6) is -0.244. The Morgan fingerprint density at radius 1 is 0.750 bits per heavy atom. The first-order valence-electron chi connectivity index (χ1n) is 11.9. The van der Waals surface area contributed by atoms with E-state index >= 15 is 0 Å². The topological polar surface area (TPSA) is 44.8 Å². The van der Waals surface area contributed by atoms with Crippen molar-refractivity contribution in [3.63, 3.8) is 0 Å². The first-order valence-corrected chi connectivity index (χ1v) is 11.9. The average molecular weight is 399 g/mol. The molecule has 4 heteroatoms. The van der Waals surface area contributed by atoms with Gasteiger partial charge in [-0.15, -0.1) is 0 Å². The zero-order valence-corrected chi connectivity index (χ0v) is 19.2. The highest BCUT2D eigenvalue weighted by Crippen LogP contribution is 2.41. The van der Waals surface area contributed by atoms with E-state index < -0.39 is 5.60 Å². The van der Waals surface area contributed by atoms with Crippen molar-refractivity contribution in [3.05, 3.63) is 0 Å². The second-order valence-electron chi connectivity index (χ2n) is 9.34. The highest BCUT2D eigenvalue weighted by atomic mass is 17.2. The molecule has 28 heavy (non-hydrogen) atoms. The normalized spacial score (nSPS) is 24.6. The van der Waals surface area contributed by atoms with E-state index in [0.29, 0.717) is 0 Å². The van der Waals surface area contributed by atoms with Crippen molar-refractivity contribution in [3.8, 4) is 0 Å². The molecule has 0 saturated carbocycles. The number of hydrogen-bond acceptors (Lipinski definition) is 4. The molecule has 1 saturated heterocycles. The van der Waals surface area contributed by atoms with Crippen LogP contribution in [0.5, 0.6) is 0 Å². The molecule has 0 aromatic heterocycles. The summed E-state index contributed by atoms with van der Waals surface area (Å²) in [6, 6.07) is 0. The average Bonchev–Trinajstić information content (AvgIpc) is 2.96. The minimum Gasteiger partial charge on any atom is -0.469 e. The van der Waals surface area contributed by atoms with Crippen LogP contribution < -0.4 is 0 Å². The van der Waals surface area contributed by atoms with E-state index in [0.717, 1.165) is 19.3 Å². The Morgan fingerprint density at radius 3 is 1.64 bits per heavy atom. The number of carbonyl (C=O) groups is 1. The van der Waals surface area contributed by atoms with Crippen LogP contribution in [0.4, 0.5) is 0 Å². The summed E-state index contributed by atoms with van der Waals surface area (Å²) in [4.78, 5) is 22.6. The van der Waals surface area contributed by atoms with Crippen LogP contribution >= 0.6 is 0 Å². The van der Waals surface area contributed by atoms with Crippen molar-refractivity contribution < 1.29 is 19.3 Å². The second-order valence-corrected chi connectivity index (χ2v) is 9.34. The van der Waals surface area contributed by atoms with E-state index in [2.05, 4.69) is 13.8 Å². The molecule has 0 unspecified atom stereocenters. The largest absolute Gasteiger partial charge is 0.469 e. The lowest BCUT2D eigenvalue weighted by molar-refractivity contribution is -0.345. The number of methoxy groups -OCH3 is 1. The predicted molar refractivity (Wildman–Crippen MR) is 115 cm³/mol. The third kappa shape index (κ3) is 11.4. The van der Waals surface area contributed by atoms with Gasteiger partial charge in [0.1, 0.15) is 11.2 Å². The van der Waals surface area contributed by atoms with Crippen LogP contribution in [0, 0.1) is 0 Å². The van der Waals surface area contributed by atoms with E-state index in [-0.39, 0.29) is 18.0 Å². The molecule has 1 aliphatic heterocycles. The van der Waals surface area contributed by atoms with Gasteiger partial charge in [0.05, 0.1) is 13.5 Å². The van der Waals surface area contributed by atoms with Crippen LogP contribution in [0.1, 0.15) is 130 Å². The third-order valence-electron chi connectivity index (χ3n) is 6.00. The Balaban J connectivity index is 1.94. The van der Waals surface area contributed by atoms with Crippen molar-refractivity contribution in [2.75, 3.05) is 7.11 Å². The Bertz CT molecular complexity index is 411. The fraction of sp³-hybridized carbons (Fsp3) is 0.958. The molecule has 2 atom stereocenters. The van der Waals surface area contributed by atoms with Gasteiger partial charge < -0.3 is 4.74 Å². The summed E-state index contributed by atoms with van der Waals surface area (Å²) in [7, 11) is 1.41. The number of unbranched alkanes of at least 4 members (excludes halogenated alkanes) is 13. The molecule has 0 radical (unpaired) electrons. The number of esters is 1. The highest BCUT2D eigenvalue weighted by molar-refractivity contribution is 5.70. The highest BCUT2D eigenvalue weighted by Gasteiger charge is 2.47. The fourth-order valence-electron chi connectivity index (χ4n) is 4.34. The van der Waals surface area contributed by atoms with Gasteiger partial charge in [0, 0.05) is 6.42 Å². The summed E-state index contributed by atoms with van der Waals surface area (Å²) in [5.41, 5.74) is -0.836. The molecule has 0 spiro atoms. The molecule has 1 fully saturated rings. The van der Waals surface area contributed by atoms with E-state index in [1.54, 1.807) is 0 Å². The van der Waals surface area contributed by atoms with Gasteiger partial charge in [0.2, 0.25) is 0 Å². The van der Waals surface area contributed by atoms with Gasteiger partial charge in [0.15, 0.2) is 0 Å². The van der Waals surface area contributed by atoms with Crippen LogP contribution in [0.25, 0.3) is 0 Å². The molecule has 0 N–H and O–H groups in total. The third-order valence-corrected chi connectivity index (χ3v) is 6.00. The van der Waals surface area contributed by atoms with Gasteiger partial charge in [-0.2, -0.15) is 0 Å². The monoisotopic (exact) mass is 398 g/mol. The van der Waals surface area contributed by atoms with Crippen molar-refractivity contribution in [1.82, 2.24) is 0 Å². The van der Waals surface area contributed by atoms with Gasteiger partial charge >= 0.3 is 5.97 Å². The van der Waals surface area contributed by atoms with Gasteiger partial charge in [-0.3, -0.25) is 4.79 Å². The van der Waals surface area contributed by atoms with Gasteiger partial charge in [-0.1, -0.05) is 96.8 Å². The van der Waals surface area contributed by atoms with E-state index in [1.165, 1.54) is 90.6 Å². The number of hydrogen-bond donors (Lipinski definition) is 0. The second kappa shape index (κ2) is 14.4. The SMILES string of the molecule is CCCCCCCCCCCCCCCC[C@]1(C)C[C@@](C)(CC(=O)OC)OO1. The zero-order chi connectivity index (χ0) is 20.7. The molecule has 1 heterocycles. The number of ether oxygens (including phenoxy) is 1. The van der Waals surface area contributed by atoms with E-state index in [9.17, 15) is 4.79 Å². The lowest BCUT2D eigenvalue weighted by atomic mass is 9.85. The minimum absolute atomic E-state index is 0.244.